The van der Waals surface area contributed by atoms with Crippen molar-refractivity contribution >= 4 is 0 Å². The summed E-state index contributed by atoms with van der Waals surface area (Å²) in [5, 5.41) is 17.4. The molecule has 0 spiro atoms. The number of aliphatic hydroxyl groups excluding tert-OH is 2. The highest BCUT2D eigenvalue weighted by Gasteiger charge is 2.00. The van der Waals surface area contributed by atoms with Gasteiger partial charge < -0.3 is 15.1 Å². The van der Waals surface area contributed by atoms with E-state index in [0.29, 0.717) is 0 Å². The van der Waals surface area contributed by atoms with Crippen LogP contribution < -0.4 is 0 Å². The van der Waals surface area contributed by atoms with Crippen molar-refractivity contribution in [2.24, 2.45) is 0 Å². The highest BCUT2D eigenvalue weighted by atomic mass is 16.3. The van der Waals surface area contributed by atoms with Gasteiger partial charge in [-0.05, 0) is 50.6 Å². The lowest BCUT2D eigenvalue weighted by atomic mass is 10.1. The minimum absolute atomic E-state index is 0.102. The first-order valence-electron chi connectivity index (χ1n) is 6.74. The Labute approximate surface area is 115 Å². The van der Waals surface area contributed by atoms with Gasteiger partial charge in [0, 0.05) is 18.7 Å². The van der Waals surface area contributed by atoms with Crippen LogP contribution in [0, 0.1) is 11.8 Å². The van der Waals surface area contributed by atoms with Gasteiger partial charge in [0.15, 0.2) is 0 Å². The van der Waals surface area contributed by atoms with E-state index in [1.807, 2.05) is 12.1 Å². The van der Waals surface area contributed by atoms with Crippen molar-refractivity contribution in [3.8, 4) is 11.8 Å². The molecule has 0 radical (unpaired) electrons. The van der Waals surface area contributed by atoms with E-state index in [0.717, 1.165) is 37.9 Å². The molecule has 19 heavy (non-hydrogen) atoms. The average molecular weight is 261 g/mol. The van der Waals surface area contributed by atoms with E-state index in [9.17, 15) is 0 Å². The molecule has 104 valence electrons. The average Bonchev–Trinajstić information content (AvgIpc) is 2.42. The normalized spacial score (nSPS) is 10.3. The highest BCUT2D eigenvalue weighted by Crippen LogP contribution is 2.08. The van der Waals surface area contributed by atoms with Crippen molar-refractivity contribution in [3.63, 3.8) is 0 Å². The van der Waals surface area contributed by atoms with Crippen molar-refractivity contribution in [2.45, 2.75) is 25.8 Å². The molecule has 0 bridgehead atoms. The summed E-state index contributed by atoms with van der Waals surface area (Å²) in [6, 6.07) is 8.10. The Balaban J connectivity index is 2.43. The summed E-state index contributed by atoms with van der Waals surface area (Å²) in [6.45, 7) is 2.12. The van der Waals surface area contributed by atoms with Gasteiger partial charge in [0.05, 0.1) is 0 Å². The van der Waals surface area contributed by atoms with Crippen LogP contribution >= 0.6 is 0 Å². The van der Waals surface area contributed by atoms with Gasteiger partial charge in [0.2, 0.25) is 0 Å². The number of hydrogen-bond donors (Lipinski definition) is 2. The van der Waals surface area contributed by atoms with Gasteiger partial charge in [-0.25, -0.2) is 0 Å². The maximum Gasteiger partial charge on any atom is 0.104 e. The standard InChI is InChI=1S/C16H23NO2/c1-17(10-3-2-4-11-18)14-16-8-5-7-15(13-16)9-6-12-19/h5,7-8,13,18-19H,2-4,10-12,14H2,1H3. The maximum atomic E-state index is 8.72. The molecule has 0 saturated carbocycles. The minimum Gasteiger partial charge on any atom is -0.396 e. The van der Waals surface area contributed by atoms with E-state index in [1.54, 1.807) is 0 Å². The summed E-state index contributed by atoms with van der Waals surface area (Å²) in [7, 11) is 2.10. The van der Waals surface area contributed by atoms with Crippen molar-refractivity contribution < 1.29 is 10.2 Å². The highest BCUT2D eigenvalue weighted by molar-refractivity contribution is 5.37. The quantitative estimate of drug-likeness (QED) is 0.579. The molecule has 0 heterocycles. The maximum absolute atomic E-state index is 8.72. The molecule has 0 unspecified atom stereocenters. The molecule has 1 rings (SSSR count). The third-order valence-electron chi connectivity index (χ3n) is 2.89. The summed E-state index contributed by atoms with van der Waals surface area (Å²) in [6.07, 6.45) is 3.07. The second-order valence-electron chi connectivity index (χ2n) is 4.68. The van der Waals surface area contributed by atoms with E-state index < -0.39 is 0 Å². The van der Waals surface area contributed by atoms with Crippen LogP contribution in [-0.4, -0.2) is 41.9 Å². The number of unbranched alkanes of at least 4 members (excludes halogenated alkanes) is 2. The molecular weight excluding hydrogens is 238 g/mol. The molecular formula is C16H23NO2. The molecule has 2 N–H and O–H groups in total. The van der Waals surface area contributed by atoms with Gasteiger partial charge in [-0.2, -0.15) is 0 Å². The van der Waals surface area contributed by atoms with Crippen LogP contribution in [0.1, 0.15) is 30.4 Å². The van der Waals surface area contributed by atoms with Gasteiger partial charge in [-0.15, -0.1) is 0 Å². The predicted octanol–water partition coefficient (Wildman–Crippen LogP) is 1.62. The Morgan fingerprint density at radius 1 is 1.16 bits per heavy atom. The lowest BCUT2D eigenvalue weighted by molar-refractivity contribution is 0.271. The second kappa shape index (κ2) is 9.57. The lowest BCUT2D eigenvalue weighted by Gasteiger charge is -2.16. The third-order valence-corrected chi connectivity index (χ3v) is 2.89. The molecule has 0 aliphatic carbocycles. The van der Waals surface area contributed by atoms with Crippen molar-refractivity contribution in [1.82, 2.24) is 4.90 Å². The first-order chi connectivity index (χ1) is 9.26. The molecule has 0 amide bonds. The summed E-state index contributed by atoms with van der Waals surface area (Å²) in [4.78, 5) is 2.27. The summed E-state index contributed by atoms with van der Waals surface area (Å²) in [5.41, 5.74) is 2.18. The second-order valence-corrected chi connectivity index (χ2v) is 4.68. The molecule has 0 atom stereocenters. The van der Waals surface area contributed by atoms with Crippen LogP contribution in [0.3, 0.4) is 0 Å². The van der Waals surface area contributed by atoms with Crippen LogP contribution in [0.4, 0.5) is 0 Å². The smallest absolute Gasteiger partial charge is 0.104 e. The fourth-order valence-electron chi connectivity index (χ4n) is 1.95. The SMILES string of the molecule is CN(CCCCCO)Cc1cccc(C#CCO)c1. The fraction of sp³-hybridized carbons (Fsp3) is 0.500. The van der Waals surface area contributed by atoms with Gasteiger partial charge in [-0.1, -0.05) is 24.0 Å². The number of aliphatic hydroxyl groups is 2. The largest absolute Gasteiger partial charge is 0.396 e. The molecule has 0 aromatic heterocycles. The zero-order valence-corrected chi connectivity index (χ0v) is 11.6. The van der Waals surface area contributed by atoms with E-state index in [4.69, 9.17) is 10.2 Å². The van der Waals surface area contributed by atoms with E-state index in [-0.39, 0.29) is 13.2 Å². The molecule has 1 aromatic rings. The summed E-state index contributed by atoms with van der Waals surface area (Å²) < 4.78 is 0. The first-order valence-corrected chi connectivity index (χ1v) is 6.74. The molecule has 0 saturated heterocycles. The van der Waals surface area contributed by atoms with Crippen molar-refractivity contribution in [1.29, 1.82) is 0 Å². The summed E-state index contributed by atoms with van der Waals surface area (Å²) in [5.74, 6) is 5.58. The van der Waals surface area contributed by atoms with E-state index >= 15 is 0 Å². The molecule has 1 aromatic carbocycles. The van der Waals surface area contributed by atoms with Crippen molar-refractivity contribution in [2.75, 3.05) is 26.8 Å². The first kappa shape index (κ1) is 15.7. The monoisotopic (exact) mass is 261 g/mol. The Kier molecular flexibility index (Phi) is 7.92. The Bertz CT molecular complexity index is 420. The van der Waals surface area contributed by atoms with Gasteiger partial charge in [0.25, 0.3) is 0 Å². The van der Waals surface area contributed by atoms with Gasteiger partial charge in [0.1, 0.15) is 6.61 Å². The topological polar surface area (TPSA) is 43.7 Å². The van der Waals surface area contributed by atoms with Crippen molar-refractivity contribution in [3.05, 3.63) is 35.4 Å². The Morgan fingerprint density at radius 2 is 2.00 bits per heavy atom. The molecule has 3 heteroatoms. The third kappa shape index (κ3) is 6.97. The zero-order chi connectivity index (χ0) is 13.9. The zero-order valence-electron chi connectivity index (χ0n) is 11.6. The number of benzene rings is 1. The van der Waals surface area contributed by atoms with E-state index in [1.165, 1.54) is 5.56 Å². The van der Waals surface area contributed by atoms with Crippen LogP contribution in [0.5, 0.6) is 0 Å². The number of hydrogen-bond acceptors (Lipinski definition) is 3. The molecule has 0 aliphatic heterocycles. The van der Waals surface area contributed by atoms with Gasteiger partial charge >= 0.3 is 0 Å². The number of rotatable bonds is 7. The number of nitrogens with zero attached hydrogens (tertiary/aromatic N) is 1. The van der Waals surface area contributed by atoms with Crippen LogP contribution in [0.15, 0.2) is 24.3 Å². The van der Waals surface area contributed by atoms with Crippen LogP contribution in [-0.2, 0) is 6.54 Å². The Hall–Kier alpha value is -1.34. The van der Waals surface area contributed by atoms with Gasteiger partial charge in [-0.3, -0.25) is 0 Å². The minimum atomic E-state index is -0.102. The predicted molar refractivity (Wildman–Crippen MR) is 77.7 cm³/mol. The molecule has 0 fully saturated rings. The van der Waals surface area contributed by atoms with Crippen LogP contribution in [0.2, 0.25) is 0 Å². The van der Waals surface area contributed by atoms with Crippen LogP contribution in [0.25, 0.3) is 0 Å². The van der Waals surface area contributed by atoms with E-state index in [2.05, 4.69) is 35.9 Å². The molecule has 3 nitrogen and oxygen atoms in total. The Morgan fingerprint density at radius 3 is 2.74 bits per heavy atom. The lowest BCUT2D eigenvalue weighted by Crippen LogP contribution is -2.19. The fourth-order valence-corrected chi connectivity index (χ4v) is 1.95. The summed E-state index contributed by atoms with van der Waals surface area (Å²) >= 11 is 0. The molecule has 0 aliphatic rings.